The molecule has 0 aromatic carbocycles. The molecule has 1 atom stereocenters. The van der Waals surface area contributed by atoms with Crippen LogP contribution >= 0.6 is 11.6 Å². The highest BCUT2D eigenvalue weighted by molar-refractivity contribution is 7.91. The fourth-order valence-corrected chi connectivity index (χ4v) is 2.05. The quantitative estimate of drug-likeness (QED) is 0.504. The summed E-state index contributed by atoms with van der Waals surface area (Å²) in [6.07, 6.45) is 2.15. The SMILES string of the molecule is CCS(=O)(=O)CCNCCCC(C)CCl. The molecule has 0 aliphatic heterocycles. The lowest BCUT2D eigenvalue weighted by molar-refractivity contribution is 0.535. The Kier molecular flexibility index (Phi) is 8.47. The van der Waals surface area contributed by atoms with E-state index in [4.69, 9.17) is 11.6 Å². The molecule has 0 aliphatic rings. The van der Waals surface area contributed by atoms with Crippen molar-refractivity contribution in [1.29, 1.82) is 0 Å². The van der Waals surface area contributed by atoms with Crippen LogP contribution in [0.1, 0.15) is 26.7 Å². The molecule has 0 saturated heterocycles. The molecule has 0 aromatic heterocycles. The van der Waals surface area contributed by atoms with E-state index in [1.165, 1.54) is 0 Å². The van der Waals surface area contributed by atoms with Gasteiger partial charge in [0.2, 0.25) is 0 Å². The minimum atomic E-state index is -2.81. The highest BCUT2D eigenvalue weighted by Crippen LogP contribution is 2.05. The van der Waals surface area contributed by atoms with E-state index < -0.39 is 9.84 Å². The normalized spacial score (nSPS) is 14.1. The molecule has 5 heteroatoms. The predicted molar refractivity (Wildman–Crippen MR) is 66.3 cm³/mol. The Balaban J connectivity index is 3.33. The molecule has 0 amide bonds. The second-order valence-corrected chi connectivity index (χ2v) is 6.67. The van der Waals surface area contributed by atoms with Crippen LogP contribution in [0.25, 0.3) is 0 Å². The largest absolute Gasteiger partial charge is 0.316 e. The highest BCUT2D eigenvalue weighted by atomic mass is 35.5. The molecule has 0 aromatic rings. The zero-order valence-electron chi connectivity index (χ0n) is 9.63. The van der Waals surface area contributed by atoms with Gasteiger partial charge in [-0.2, -0.15) is 0 Å². The monoisotopic (exact) mass is 255 g/mol. The summed E-state index contributed by atoms with van der Waals surface area (Å²) in [5.41, 5.74) is 0. The summed E-state index contributed by atoms with van der Waals surface area (Å²) in [5, 5.41) is 3.13. The zero-order valence-corrected chi connectivity index (χ0v) is 11.2. The molecule has 3 nitrogen and oxygen atoms in total. The van der Waals surface area contributed by atoms with Crippen molar-refractivity contribution in [3.05, 3.63) is 0 Å². The second kappa shape index (κ2) is 8.36. The molecule has 0 spiro atoms. The first-order valence-corrected chi connectivity index (χ1v) is 7.84. The van der Waals surface area contributed by atoms with Crippen LogP contribution in [-0.2, 0) is 9.84 Å². The van der Waals surface area contributed by atoms with Gasteiger partial charge in [-0.15, -0.1) is 11.6 Å². The van der Waals surface area contributed by atoms with E-state index in [1.54, 1.807) is 6.92 Å². The number of halogens is 1. The zero-order chi connectivity index (χ0) is 11.7. The van der Waals surface area contributed by atoms with E-state index in [2.05, 4.69) is 12.2 Å². The predicted octanol–water partition coefficient (Wildman–Crippen LogP) is 1.67. The molecule has 0 aliphatic carbocycles. The molecule has 0 rings (SSSR count). The lowest BCUT2D eigenvalue weighted by atomic mass is 10.1. The average molecular weight is 256 g/mol. The first kappa shape index (κ1) is 15.2. The van der Waals surface area contributed by atoms with Gasteiger partial charge in [0.1, 0.15) is 0 Å². The number of sulfone groups is 1. The summed E-state index contributed by atoms with van der Waals surface area (Å²) < 4.78 is 22.3. The third-order valence-electron chi connectivity index (χ3n) is 2.34. The number of rotatable bonds is 9. The third kappa shape index (κ3) is 9.15. The van der Waals surface area contributed by atoms with E-state index in [0.717, 1.165) is 19.4 Å². The fourth-order valence-electron chi connectivity index (χ4n) is 1.15. The molecule has 92 valence electrons. The van der Waals surface area contributed by atoms with E-state index in [-0.39, 0.29) is 11.5 Å². The van der Waals surface area contributed by atoms with Crippen LogP contribution in [0, 0.1) is 5.92 Å². The van der Waals surface area contributed by atoms with Crippen molar-refractivity contribution in [1.82, 2.24) is 5.32 Å². The van der Waals surface area contributed by atoms with Gasteiger partial charge in [-0.1, -0.05) is 13.8 Å². The van der Waals surface area contributed by atoms with Crippen molar-refractivity contribution < 1.29 is 8.42 Å². The minimum Gasteiger partial charge on any atom is -0.316 e. The number of hydrogen-bond donors (Lipinski definition) is 1. The van der Waals surface area contributed by atoms with Crippen molar-refractivity contribution in [3.63, 3.8) is 0 Å². The first-order chi connectivity index (χ1) is 7.02. The Morgan fingerprint density at radius 3 is 2.53 bits per heavy atom. The highest BCUT2D eigenvalue weighted by Gasteiger charge is 2.05. The maximum atomic E-state index is 11.1. The van der Waals surface area contributed by atoms with Crippen LogP contribution < -0.4 is 5.32 Å². The minimum absolute atomic E-state index is 0.234. The third-order valence-corrected chi connectivity index (χ3v) is 4.58. The molecule has 0 fully saturated rings. The molecular formula is C10H22ClNO2S. The lowest BCUT2D eigenvalue weighted by Gasteiger charge is -2.07. The van der Waals surface area contributed by atoms with E-state index >= 15 is 0 Å². The summed E-state index contributed by atoms with van der Waals surface area (Å²) in [6, 6.07) is 0. The van der Waals surface area contributed by atoms with Crippen LogP contribution in [0.2, 0.25) is 0 Å². The van der Waals surface area contributed by atoms with Gasteiger partial charge in [0, 0.05) is 18.2 Å². The van der Waals surface area contributed by atoms with Crippen molar-refractivity contribution in [3.8, 4) is 0 Å². The summed E-state index contributed by atoms with van der Waals surface area (Å²) in [7, 11) is -2.81. The van der Waals surface area contributed by atoms with Crippen LogP contribution in [0.15, 0.2) is 0 Å². The Bertz CT molecular complexity index is 242. The lowest BCUT2D eigenvalue weighted by Crippen LogP contribution is -2.25. The van der Waals surface area contributed by atoms with Crippen molar-refractivity contribution in [2.45, 2.75) is 26.7 Å². The summed E-state index contributed by atoms with van der Waals surface area (Å²) >= 11 is 5.67. The topological polar surface area (TPSA) is 46.2 Å². The smallest absolute Gasteiger partial charge is 0.151 e. The van der Waals surface area contributed by atoms with Crippen LogP contribution in [0.5, 0.6) is 0 Å². The van der Waals surface area contributed by atoms with Crippen LogP contribution in [-0.4, -0.2) is 38.9 Å². The van der Waals surface area contributed by atoms with E-state index in [0.29, 0.717) is 18.3 Å². The van der Waals surface area contributed by atoms with Crippen molar-refractivity contribution in [2.75, 3.05) is 30.5 Å². The van der Waals surface area contributed by atoms with Crippen LogP contribution in [0.4, 0.5) is 0 Å². The fraction of sp³-hybridized carbons (Fsp3) is 1.00. The molecule has 15 heavy (non-hydrogen) atoms. The average Bonchev–Trinajstić information content (AvgIpc) is 2.22. The summed E-state index contributed by atoms with van der Waals surface area (Å²) in [5.74, 6) is 1.73. The molecule has 0 radical (unpaired) electrons. The van der Waals surface area contributed by atoms with Crippen molar-refractivity contribution in [2.24, 2.45) is 5.92 Å². The number of alkyl halides is 1. The summed E-state index contributed by atoms with van der Waals surface area (Å²) in [6.45, 7) is 5.23. The van der Waals surface area contributed by atoms with Gasteiger partial charge < -0.3 is 5.32 Å². The van der Waals surface area contributed by atoms with Crippen LogP contribution in [0.3, 0.4) is 0 Å². The maximum Gasteiger partial charge on any atom is 0.151 e. The molecule has 0 heterocycles. The van der Waals surface area contributed by atoms with Gasteiger partial charge >= 0.3 is 0 Å². The molecular weight excluding hydrogens is 234 g/mol. The molecule has 0 bridgehead atoms. The van der Waals surface area contributed by atoms with E-state index in [1.807, 2.05) is 0 Å². The van der Waals surface area contributed by atoms with Gasteiger partial charge in [0.15, 0.2) is 9.84 Å². The van der Waals surface area contributed by atoms with Gasteiger partial charge in [-0.3, -0.25) is 0 Å². The first-order valence-electron chi connectivity index (χ1n) is 5.49. The number of nitrogens with one attached hydrogen (secondary N) is 1. The Morgan fingerprint density at radius 2 is 2.00 bits per heavy atom. The molecule has 0 saturated carbocycles. The number of hydrogen-bond acceptors (Lipinski definition) is 3. The van der Waals surface area contributed by atoms with Gasteiger partial charge in [0.25, 0.3) is 0 Å². The standard InChI is InChI=1S/C10H22ClNO2S/c1-3-15(13,14)8-7-12-6-4-5-10(2)9-11/h10,12H,3-9H2,1-2H3. The Morgan fingerprint density at radius 1 is 1.33 bits per heavy atom. The molecule has 1 unspecified atom stereocenters. The van der Waals surface area contributed by atoms with Gasteiger partial charge in [-0.05, 0) is 25.3 Å². The maximum absolute atomic E-state index is 11.1. The molecule has 1 N–H and O–H groups in total. The summed E-state index contributed by atoms with van der Waals surface area (Å²) in [4.78, 5) is 0. The Labute approximate surface area is 98.5 Å². The van der Waals surface area contributed by atoms with Gasteiger partial charge in [0.05, 0.1) is 5.75 Å². The Hall–Kier alpha value is 0.200. The van der Waals surface area contributed by atoms with Gasteiger partial charge in [-0.25, -0.2) is 8.42 Å². The van der Waals surface area contributed by atoms with Crippen molar-refractivity contribution >= 4 is 21.4 Å². The van der Waals surface area contributed by atoms with E-state index in [9.17, 15) is 8.42 Å². The second-order valence-electron chi connectivity index (χ2n) is 3.89.